The molecule has 1 atom stereocenters. The Balaban J connectivity index is 1.58. The molecule has 4 heteroatoms. The molecule has 1 unspecified atom stereocenters. The monoisotopic (exact) mass is 344 g/mol. The molecular formula is C21H32N2O2. The van der Waals surface area contributed by atoms with E-state index in [-0.39, 0.29) is 0 Å². The molecule has 1 aromatic carbocycles. The smallest absolute Gasteiger partial charge is 0.222 e. The zero-order valence-corrected chi connectivity index (χ0v) is 15.9. The van der Waals surface area contributed by atoms with Gasteiger partial charge in [-0.15, -0.1) is 0 Å². The second-order valence-electron chi connectivity index (χ2n) is 7.89. The van der Waals surface area contributed by atoms with Gasteiger partial charge in [0.05, 0.1) is 7.11 Å². The zero-order chi connectivity index (χ0) is 17.8. The van der Waals surface area contributed by atoms with Crippen LogP contribution in [0.5, 0.6) is 5.75 Å². The van der Waals surface area contributed by atoms with Crippen LogP contribution in [-0.2, 0) is 11.2 Å². The predicted molar refractivity (Wildman–Crippen MR) is 101 cm³/mol. The number of methoxy groups -OCH3 is 1. The van der Waals surface area contributed by atoms with E-state index < -0.39 is 0 Å². The number of rotatable bonds is 5. The van der Waals surface area contributed by atoms with Gasteiger partial charge >= 0.3 is 0 Å². The lowest BCUT2D eigenvalue weighted by Crippen LogP contribution is -2.46. The summed E-state index contributed by atoms with van der Waals surface area (Å²) in [4.78, 5) is 14.3. The normalized spacial score (nSPS) is 21.3. The van der Waals surface area contributed by atoms with E-state index in [2.05, 4.69) is 42.3 Å². The standard InChI is InChI=1S/C21H32N2O2/c1-15(2)14-21(24)23-12-10-16(11-13-23)22-19-8-4-7-18-17(19)6-5-9-20(18)25-3/h5-6,9,15-16,19,22H,4,7-8,10-14H2,1-3H3. The van der Waals surface area contributed by atoms with Crippen LogP contribution in [0.3, 0.4) is 0 Å². The summed E-state index contributed by atoms with van der Waals surface area (Å²) in [5, 5.41) is 3.87. The number of hydrogen-bond donors (Lipinski definition) is 1. The van der Waals surface area contributed by atoms with Crippen LogP contribution in [0.25, 0.3) is 0 Å². The number of carbonyl (C=O) groups is 1. The average molecular weight is 344 g/mol. The molecule has 1 heterocycles. The van der Waals surface area contributed by atoms with Gasteiger partial charge in [-0.3, -0.25) is 4.79 Å². The molecule has 1 amide bonds. The Hall–Kier alpha value is -1.55. The summed E-state index contributed by atoms with van der Waals surface area (Å²) in [7, 11) is 1.76. The van der Waals surface area contributed by atoms with Crippen molar-refractivity contribution in [2.24, 2.45) is 5.92 Å². The van der Waals surface area contributed by atoms with E-state index in [0.29, 0.717) is 30.3 Å². The lowest BCUT2D eigenvalue weighted by Gasteiger charge is -2.36. The van der Waals surface area contributed by atoms with Crippen LogP contribution in [0.1, 0.15) is 63.1 Å². The summed E-state index contributed by atoms with van der Waals surface area (Å²) < 4.78 is 5.55. The third-order valence-corrected chi connectivity index (χ3v) is 5.55. The van der Waals surface area contributed by atoms with Crippen molar-refractivity contribution >= 4 is 5.91 Å². The van der Waals surface area contributed by atoms with Gasteiger partial charge in [-0.05, 0) is 55.2 Å². The fourth-order valence-corrected chi connectivity index (χ4v) is 4.24. The first-order valence-electron chi connectivity index (χ1n) is 9.78. The molecule has 4 nitrogen and oxygen atoms in total. The lowest BCUT2D eigenvalue weighted by molar-refractivity contribution is -0.133. The molecule has 138 valence electrons. The number of likely N-dealkylation sites (tertiary alicyclic amines) is 1. The zero-order valence-electron chi connectivity index (χ0n) is 15.9. The van der Waals surface area contributed by atoms with Crippen molar-refractivity contribution in [1.29, 1.82) is 0 Å². The van der Waals surface area contributed by atoms with Gasteiger partial charge in [0.15, 0.2) is 0 Å². The molecule has 3 rings (SSSR count). The summed E-state index contributed by atoms with van der Waals surface area (Å²) in [6, 6.07) is 7.34. The van der Waals surface area contributed by atoms with E-state index in [9.17, 15) is 4.79 Å². The van der Waals surface area contributed by atoms with Gasteiger partial charge in [0.2, 0.25) is 5.91 Å². The Morgan fingerprint density at radius 3 is 2.72 bits per heavy atom. The molecule has 2 aliphatic rings. The maximum absolute atomic E-state index is 12.2. The number of carbonyl (C=O) groups excluding carboxylic acids is 1. The molecule has 1 saturated heterocycles. The highest BCUT2D eigenvalue weighted by atomic mass is 16.5. The molecule has 0 spiro atoms. The summed E-state index contributed by atoms with van der Waals surface area (Å²) in [6.45, 7) is 6.00. The van der Waals surface area contributed by atoms with Gasteiger partial charge in [0, 0.05) is 31.6 Å². The molecule has 25 heavy (non-hydrogen) atoms. The Kier molecular flexibility index (Phi) is 6.00. The van der Waals surface area contributed by atoms with Gasteiger partial charge in [-0.2, -0.15) is 0 Å². The fraction of sp³-hybridized carbons (Fsp3) is 0.667. The number of amides is 1. The number of piperidine rings is 1. The van der Waals surface area contributed by atoms with Gasteiger partial charge in [0.25, 0.3) is 0 Å². The maximum atomic E-state index is 12.2. The van der Waals surface area contributed by atoms with E-state index >= 15 is 0 Å². The van der Waals surface area contributed by atoms with Crippen LogP contribution in [0, 0.1) is 5.92 Å². The average Bonchev–Trinajstić information content (AvgIpc) is 2.61. The van der Waals surface area contributed by atoms with E-state index in [1.807, 2.05) is 0 Å². The van der Waals surface area contributed by atoms with Crippen molar-refractivity contribution in [1.82, 2.24) is 10.2 Å². The molecule has 1 N–H and O–H groups in total. The summed E-state index contributed by atoms with van der Waals surface area (Å²) >= 11 is 0. The number of nitrogens with one attached hydrogen (secondary N) is 1. The van der Waals surface area contributed by atoms with Crippen molar-refractivity contribution < 1.29 is 9.53 Å². The first kappa shape index (κ1) is 18.2. The van der Waals surface area contributed by atoms with Crippen LogP contribution >= 0.6 is 0 Å². The minimum absolute atomic E-state index is 0.321. The molecule has 0 saturated carbocycles. The third kappa shape index (κ3) is 4.35. The molecule has 0 aromatic heterocycles. The number of fused-ring (bicyclic) bond motifs is 1. The van der Waals surface area contributed by atoms with Crippen LogP contribution in [-0.4, -0.2) is 37.0 Å². The molecule has 1 fully saturated rings. The van der Waals surface area contributed by atoms with Crippen molar-refractivity contribution in [3.05, 3.63) is 29.3 Å². The van der Waals surface area contributed by atoms with Crippen LogP contribution in [0.2, 0.25) is 0 Å². The lowest BCUT2D eigenvalue weighted by atomic mass is 9.86. The summed E-state index contributed by atoms with van der Waals surface area (Å²) in [5.41, 5.74) is 2.78. The van der Waals surface area contributed by atoms with Crippen LogP contribution in [0.4, 0.5) is 0 Å². The highest BCUT2D eigenvalue weighted by molar-refractivity contribution is 5.76. The molecule has 1 aliphatic heterocycles. The van der Waals surface area contributed by atoms with Crippen LogP contribution < -0.4 is 10.1 Å². The van der Waals surface area contributed by atoms with Crippen molar-refractivity contribution in [2.45, 2.75) is 64.5 Å². The molecular weight excluding hydrogens is 312 g/mol. The third-order valence-electron chi connectivity index (χ3n) is 5.55. The Morgan fingerprint density at radius 2 is 2.04 bits per heavy atom. The van der Waals surface area contributed by atoms with Crippen molar-refractivity contribution in [3.8, 4) is 5.75 Å². The van der Waals surface area contributed by atoms with E-state index in [1.165, 1.54) is 24.0 Å². The Labute approximate surface area is 151 Å². The van der Waals surface area contributed by atoms with Crippen molar-refractivity contribution in [2.75, 3.05) is 20.2 Å². The number of hydrogen-bond acceptors (Lipinski definition) is 3. The molecule has 0 radical (unpaired) electrons. The number of nitrogens with zero attached hydrogens (tertiary/aromatic N) is 1. The molecule has 0 bridgehead atoms. The second kappa shape index (κ2) is 8.22. The summed E-state index contributed by atoms with van der Waals surface area (Å²) in [5.74, 6) is 1.79. The Morgan fingerprint density at radius 1 is 1.28 bits per heavy atom. The predicted octanol–water partition coefficient (Wildman–Crippen LogP) is 3.70. The van der Waals surface area contributed by atoms with Gasteiger partial charge in [-0.1, -0.05) is 26.0 Å². The SMILES string of the molecule is COc1cccc2c1CCCC2NC1CCN(C(=O)CC(C)C)CC1. The number of benzene rings is 1. The van der Waals surface area contributed by atoms with Gasteiger partial charge in [-0.25, -0.2) is 0 Å². The van der Waals surface area contributed by atoms with E-state index in [1.54, 1.807) is 7.11 Å². The maximum Gasteiger partial charge on any atom is 0.222 e. The first-order valence-corrected chi connectivity index (χ1v) is 9.78. The highest BCUT2D eigenvalue weighted by Gasteiger charge is 2.28. The second-order valence-corrected chi connectivity index (χ2v) is 7.89. The summed E-state index contributed by atoms with van der Waals surface area (Å²) in [6.07, 6.45) is 6.29. The quantitative estimate of drug-likeness (QED) is 0.885. The largest absolute Gasteiger partial charge is 0.496 e. The van der Waals surface area contributed by atoms with Crippen LogP contribution in [0.15, 0.2) is 18.2 Å². The van der Waals surface area contributed by atoms with Crippen molar-refractivity contribution in [3.63, 3.8) is 0 Å². The molecule has 1 aromatic rings. The topological polar surface area (TPSA) is 41.6 Å². The minimum atomic E-state index is 0.321. The van der Waals surface area contributed by atoms with E-state index in [0.717, 1.165) is 38.1 Å². The first-order chi connectivity index (χ1) is 12.1. The van der Waals surface area contributed by atoms with Gasteiger partial charge < -0.3 is 15.0 Å². The van der Waals surface area contributed by atoms with Gasteiger partial charge in [0.1, 0.15) is 5.75 Å². The fourth-order valence-electron chi connectivity index (χ4n) is 4.24. The molecule has 1 aliphatic carbocycles. The van der Waals surface area contributed by atoms with E-state index in [4.69, 9.17) is 4.74 Å². The number of ether oxygens (including phenoxy) is 1. The Bertz CT molecular complexity index is 592. The minimum Gasteiger partial charge on any atom is -0.496 e. The highest BCUT2D eigenvalue weighted by Crippen LogP contribution is 2.36.